The minimum Gasteiger partial charge on any atom is -0.481 e. The van der Waals surface area contributed by atoms with Crippen LogP contribution < -0.4 is 5.32 Å². The van der Waals surface area contributed by atoms with E-state index in [-0.39, 0.29) is 13.0 Å². The molecule has 0 aliphatic rings. The zero-order valence-corrected chi connectivity index (χ0v) is 11.2. The summed E-state index contributed by atoms with van der Waals surface area (Å²) in [5.41, 5.74) is 0.0914. The van der Waals surface area contributed by atoms with Gasteiger partial charge < -0.3 is 15.2 Å². The Morgan fingerprint density at radius 1 is 1.32 bits per heavy atom. The zero-order chi connectivity index (χ0) is 14.3. The third-order valence-electron chi connectivity index (χ3n) is 2.94. The molecule has 0 saturated heterocycles. The first-order valence-electron chi connectivity index (χ1n) is 6.16. The van der Waals surface area contributed by atoms with E-state index in [2.05, 4.69) is 5.32 Å². The Balaban J connectivity index is 2.47. The van der Waals surface area contributed by atoms with E-state index in [0.29, 0.717) is 6.42 Å². The molecule has 0 aliphatic carbocycles. The van der Waals surface area contributed by atoms with Crippen LogP contribution in [0.5, 0.6) is 0 Å². The average Bonchev–Trinajstić information content (AvgIpc) is 2.36. The number of carboxylic acids is 1. The minimum atomic E-state index is -0.951. The summed E-state index contributed by atoms with van der Waals surface area (Å²) in [6, 6.07) is 9.30. The molecule has 1 amide bonds. The van der Waals surface area contributed by atoms with E-state index in [4.69, 9.17) is 9.84 Å². The Morgan fingerprint density at radius 3 is 2.47 bits per heavy atom. The van der Waals surface area contributed by atoms with Gasteiger partial charge in [0.15, 0.2) is 0 Å². The van der Waals surface area contributed by atoms with Crippen LogP contribution in [0.2, 0.25) is 0 Å². The van der Waals surface area contributed by atoms with Gasteiger partial charge in [-0.3, -0.25) is 4.79 Å². The van der Waals surface area contributed by atoms with E-state index in [1.54, 1.807) is 6.92 Å². The van der Waals surface area contributed by atoms with Gasteiger partial charge in [-0.15, -0.1) is 0 Å². The number of aliphatic carboxylic acids is 1. The van der Waals surface area contributed by atoms with Crippen LogP contribution in [0.3, 0.4) is 0 Å². The second-order valence-electron chi connectivity index (χ2n) is 4.67. The molecule has 0 unspecified atom stereocenters. The Bertz CT molecular complexity index is 432. The van der Waals surface area contributed by atoms with Crippen LogP contribution in [0.15, 0.2) is 30.3 Å². The molecule has 1 aromatic carbocycles. The van der Waals surface area contributed by atoms with E-state index in [1.165, 1.54) is 0 Å². The molecule has 0 bridgehead atoms. The lowest BCUT2D eigenvalue weighted by Crippen LogP contribution is -2.47. The Labute approximate surface area is 112 Å². The number of carbonyl (C=O) groups excluding carboxylic acids is 1. The first-order valence-corrected chi connectivity index (χ1v) is 6.16. The monoisotopic (exact) mass is 265 g/mol. The fourth-order valence-electron chi connectivity index (χ4n) is 1.60. The van der Waals surface area contributed by atoms with Crippen LogP contribution in [-0.2, 0) is 16.1 Å². The zero-order valence-electron chi connectivity index (χ0n) is 11.2. The molecule has 2 N–H and O–H groups in total. The maximum atomic E-state index is 11.6. The summed E-state index contributed by atoms with van der Waals surface area (Å²) >= 11 is 0. The lowest BCUT2D eigenvalue weighted by molar-refractivity contribution is -0.138. The average molecular weight is 265 g/mol. The van der Waals surface area contributed by atoms with Gasteiger partial charge in [-0.05, 0) is 18.9 Å². The third kappa shape index (κ3) is 5.42. The number of alkyl carbamates (subject to hydrolysis) is 1. The minimum absolute atomic E-state index is 0.135. The van der Waals surface area contributed by atoms with Crippen molar-refractivity contribution >= 4 is 12.1 Å². The topological polar surface area (TPSA) is 75.6 Å². The number of amides is 1. The molecule has 19 heavy (non-hydrogen) atoms. The fraction of sp³-hybridized carbons (Fsp3) is 0.429. The highest BCUT2D eigenvalue weighted by Crippen LogP contribution is 2.14. The van der Waals surface area contributed by atoms with Crippen LogP contribution in [0.1, 0.15) is 32.3 Å². The second kappa shape index (κ2) is 6.78. The predicted octanol–water partition coefficient (Wildman–Crippen LogP) is 2.56. The molecule has 0 spiro atoms. The molecular formula is C14H19NO4. The standard InChI is InChI=1S/C14H19NO4/c1-3-14(2,9-12(16)17)15-13(18)19-10-11-7-5-4-6-8-11/h4-8H,3,9-10H2,1-2H3,(H,15,18)(H,16,17)/t14-/m0/s1. The summed E-state index contributed by atoms with van der Waals surface area (Å²) in [6.45, 7) is 3.67. The quantitative estimate of drug-likeness (QED) is 0.828. The van der Waals surface area contributed by atoms with Gasteiger partial charge in [-0.25, -0.2) is 4.79 Å². The molecule has 0 saturated carbocycles. The SMILES string of the molecule is CC[C@@](C)(CC(=O)O)NC(=O)OCc1ccccc1. The molecular weight excluding hydrogens is 246 g/mol. The van der Waals surface area contributed by atoms with Crippen LogP contribution in [-0.4, -0.2) is 22.7 Å². The maximum Gasteiger partial charge on any atom is 0.407 e. The third-order valence-corrected chi connectivity index (χ3v) is 2.94. The predicted molar refractivity (Wildman–Crippen MR) is 70.7 cm³/mol. The van der Waals surface area contributed by atoms with Crippen molar-refractivity contribution in [1.82, 2.24) is 5.32 Å². The molecule has 0 aromatic heterocycles. The summed E-state index contributed by atoms with van der Waals surface area (Å²) < 4.78 is 5.06. The number of nitrogens with one attached hydrogen (secondary N) is 1. The van der Waals surface area contributed by atoms with Crippen molar-refractivity contribution in [3.8, 4) is 0 Å². The Hall–Kier alpha value is -2.04. The summed E-state index contributed by atoms with van der Waals surface area (Å²) in [4.78, 5) is 22.4. The first kappa shape index (κ1) is 15.0. The van der Waals surface area contributed by atoms with Crippen molar-refractivity contribution in [2.75, 3.05) is 0 Å². The van der Waals surface area contributed by atoms with E-state index in [0.717, 1.165) is 5.56 Å². The Kier molecular flexibility index (Phi) is 5.36. The van der Waals surface area contributed by atoms with Crippen LogP contribution in [0, 0.1) is 0 Å². The van der Waals surface area contributed by atoms with Gasteiger partial charge in [0, 0.05) is 0 Å². The molecule has 1 atom stereocenters. The number of hydrogen-bond donors (Lipinski definition) is 2. The van der Waals surface area contributed by atoms with E-state index in [1.807, 2.05) is 37.3 Å². The van der Waals surface area contributed by atoms with Crippen molar-refractivity contribution in [1.29, 1.82) is 0 Å². The Morgan fingerprint density at radius 2 is 1.95 bits per heavy atom. The first-order chi connectivity index (χ1) is 8.95. The largest absolute Gasteiger partial charge is 0.481 e. The van der Waals surface area contributed by atoms with Crippen molar-refractivity contribution < 1.29 is 19.4 Å². The van der Waals surface area contributed by atoms with Gasteiger partial charge in [-0.1, -0.05) is 37.3 Å². The molecule has 0 aliphatic heterocycles. The van der Waals surface area contributed by atoms with E-state index < -0.39 is 17.6 Å². The normalized spacial score (nSPS) is 13.4. The van der Waals surface area contributed by atoms with Crippen LogP contribution in [0.25, 0.3) is 0 Å². The molecule has 1 aromatic rings. The molecule has 0 fully saturated rings. The van der Waals surface area contributed by atoms with Crippen molar-refractivity contribution in [2.24, 2.45) is 0 Å². The molecule has 0 radical (unpaired) electrons. The van der Waals surface area contributed by atoms with Crippen LogP contribution in [0.4, 0.5) is 4.79 Å². The number of rotatable bonds is 6. The van der Waals surface area contributed by atoms with Gasteiger partial charge in [-0.2, -0.15) is 0 Å². The van der Waals surface area contributed by atoms with Crippen molar-refractivity contribution in [3.63, 3.8) is 0 Å². The molecule has 5 nitrogen and oxygen atoms in total. The smallest absolute Gasteiger partial charge is 0.407 e. The molecule has 104 valence electrons. The van der Waals surface area contributed by atoms with E-state index in [9.17, 15) is 9.59 Å². The molecule has 1 rings (SSSR count). The number of benzene rings is 1. The van der Waals surface area contributed by atoms with E-state index >= 15 is 0 Å². The van der Waals surface area contributed by atoms with Crippen molar-refractivity contribution in [2.45, 2.75) is 38.8 Å². The second-order valence-corrected chi connectivity index (χ2v) is 4.67. The highest BCUT2D eigenvalue weighted by Gasteiger charge is 2.28. The highest BCUT2D eigenvalue weighted by atomic mass is 16.5. The summed E-state index contributed by atoms with van der Waals surface area (Å²) in [7, 11) is 0. The highest BCUT2D eigenvalue weighted by molar-refractivity contribution is 5.72. The van der Waals surface area contributed by atoms with Gasteiger partial charge in [0.25, 0.3) is 0 Å². The number of hydrogen-bond acceptors (Lipinski definition) is 3. The summed E-state index contributed by atoms with van der Waals surface area (Å²) in [5, 5.41) is 11.4. The lowest BCUT2D eigenvalue weighted by Gasteiger charge is -2.27. The van der Waals surface area contributed by atoms with Crippen LogP contribution >= 0.6 is 0 Å². The molecule has 0 heterocycles. The summed E-state index contributed by atoms with van der Waals surface area (Å²) in [6.07, 6.45) is -0.224. The summed E-state index contributed by atoms with van der Waals surface area (Å²) in [5.74, 6) is -0.951. The number of carboxylic acid groups (broad SMARTS) is 1. The van der Waals surface area contributed by atoms with Gasteiger partial charge >= 0.3 is 12.1 Å². The molecule has 5 heteroatoms. The fourth-order valence-corrected chi connectivity index (χ4v) is 1.60. The van der Waals surface area contributed by atoms with Gasteiger partial charge in [0.2, 0.25) is 0 Å². The lowest BCUT2D eigenvalue weighted by atomic mass is 9.95. The maximum absolute atomic E-state index is 11.6. The van der Waals surface area contributed by atoms with Gasteiger partial charge in [0.1, 0.15) is 6.61 Å². The van der Waals surface area contributed by atoms with Gasteiger partial charge in [0.05, 0.1) is 12.0 Å². The number of ether oxygens (including phenoxy) is 1. The number of carbonyl (C=O) groups is 2. The van der Waals surface area contributed by atoms with Crippen molar-refractivity contribution in [3.05, 3.63) is 35.9 Å².